The van der Waals surface area contributed by atoms with Crippen molar-refractivity contribution in [2.24, 2.45) is 0 Å². The van der Waals surface area contributed by atoms with Gasteiger partial charge < -0.3 is 10.2 Å². The zero-order valence-electron chi connectivity index (χ0n) is 16.3. The van der Waals surface area contributed by atoms with E-state index in [1.807, 2.05) is 69.3 Å². The van der Waals surface area contributed by atoms with Gasteiger partial charge in [-0.2, -0.15) is 0 Å². The Labute approximate surface area is 165 Å². The van der Waals surface area contributed by atoms with Crippen LogP contribution in [0.2, 0.25) is 0 Å². The molecule has 0 bridgehead atoms. The summed E-state index contributed by atoms with van der Waals surface area (Å²) < 4.78 is 0. The number of nitrogens with one attached hydrogen (secondary N) is 1. The summed E-state index contributed by atoms with van der Waals surface area (Å²) in [4.78, 5) is 31.5. The van der Waals surface area contributed by atoms with Gasteiger partial charge in [-0.25, -0.2) is 0 Å². The van der Waals surface area contributed by atoms with E-state index in [9.17, 15) is 9.59 Å². The van der Waals surface area contributed by atoms with Gasteiger partial charge in [-0.15, -0.1) is 0 Å². The standard InChI is InChI=1S/C23H23N3O2/c1-4-26(19-10-6-5-7-11-19)23(28)21-15-18(13-14-24-21)22(27)25-20-12-8-9-16(2)17(20)3/h5-15H,4H2,1-3H3,(H,25,27). The summed E-state index contributed by atoms with van der Waals surface area (Å²) in [6.07, 6.45) is 1.49. The smallest absolute Gasteiger partial charge is 0.276 e. The van der Waals surface area contributed by atoms with E-state index in [0.29, 0.717) is 12.1 Å². The van der Waals surface area contributed by atoms with Crippen LogP contribution in [0, 0.1) is 13.8 Å². The highest BCUT2D eigenvalue weighted by Gasteiger charge is 2.19. The predicted molar refractivity (Wildman–Crippen MR) is 112 cm³/mol. The maximum absolute atomic E-state index is 12.9. The van der Waals surface area contributed by atoms with Crippen molar-refractivity contribution in [3.8, 4) is 0 Å². The third-order valence-electron chi connectivity index (χ3n) is 4.72. The second kappa shape index (κ2) is 8.48. The molecule has 0 saturated heterocycles. The van der Waals surface area contributed by atoms with Crippen molar-refractivity contribution in [3.63, 3.8) is 0 Å². The molecule has 28 heavy (non-hydrogen) atoms. The molecule has 142 valence electrons. The number of hydrogen-bond donors (Lipinski definition) is 1. The molecule has 1 N–H and O–H groups in total. The Morgan fingerprint density at radius 1 is 1.00 bits per heavy atom. The van der Waals surface area contributed by atoms with Crippen LogP contribution in [0.15, 0.2) is 66.9 Å². The van der Waals surface area contributed by atoms with E-state index in [0.717, 1.165) is 22.5 Å². The lowest BCUT2D eigenvalue weighted by Gasteiger charge is -2.20. The first-order valence-corrected chi connectivity index (χ1v) is 9.21. The van der Waals surface area contributed by atoms with Crippen LogP contribution >= 0.6 is 0 Å². The fourth-order valence-corrected chi connectivity index (χ4v) is 2.96. The van der Waals surface area contributed by atoms with Crippen molar-refractivity contribution in [3.05, 3.63) is 89.2 Å². The minimum atomic E-state index is -0.270. The van der Waals surface area contributed by atoms with Crippen LogP contribution in [-0.2, 0) is 0 Å². The van der Waals surface area contributed by atoms with Crippen molar-refractivity contribution < 1.29 is 9.59 Å². The molecule has 0 unspecified atom stereocenters. The van der Waals surface area contributed by atoms with Crippen LogP contribution in [-0.4, -0.2) is 23.3 Å². The highest BCUT2D eigenvalue weighted by atomic mass is 16.2. The molecule has 0 aliphatic carbocycles. The van der Waals surface area contributed by atoms with Gasteiger partial charge in [0, 0.05) is 29.7 Å². The summed E-state index contributed by atoms with van der Waals surface area (Å²) >= 11 is 0. The van der Waals surface area contributed by atoms with Gasteiger partial charge in [-0.05, 0) is 62.2 Å². The van der Waals surface area contributed by atoms with Crippen LogP contribution < -0.4 is 10.2 Å². The number of carbonyl (C=O) groups is 2. The molecule has 2 amide bonds. The molecule has 3 rings (SSSR count). The molecule has 0 spiro atoms. The lowest BCUT2D eigenvalue weighted by atomic mass is 10.1. The molecule has 0 saturated carbocycles. The Hall–Kier alpha value is -3.47. The first-order chi connectivity index (χ1) is 13.5. The molecule has 0 atom stereocenters. The number of benzene rings is 2. The van der Waals surface area contributed by atoms with Gasteiger partial charge in [0.1, 0.15) is 5.69 Å². The number of hydrogen-bond acceptors (Lipinski definition) is 3. The molecular weight excluding hydrogens is 350 g/mol. The molecule has 0 aliphatic rings. The Kier molecular flexibility index (Phi) is 5.84. The number of rotatable bonds is 5. The maximum Gasteiger partial charge on any atom is 0.276 e. The largest absolute Gasteiger partial charge is 0.322 e. The number of aromatic nitrogens is 1. The van der Waals surface area contributed by atoms with Gasteiger partial charge in [0.2, 0.25) is 0 Å². The summed E-state index contributed by atoms with van der Waals surface area (Å²) in [5, 5.41) is 2.92. The highest BCUT2D eigenvalue weighted by molar-refractivity contribution is 6.08. The minimum Gasteiger partial charge on any atom is -0.322 e. The summed E-state index contributed by atoms with van der Waals surface area (Å²) in [6, 6.07) is 18.3. The third kappa shape index (κ3) is 4.09. The van der Waals surface area contributed by atoms with Gasteiger partial charge in [0.05, 0.1) is 0 Å². The van der Waals surface area contributed by atoms with Gasteiger partial charge in [-0.1, -0.05) is 30.3 Å². The van der Waals surface area contributed by atoms with Gasteiger partial charge in [0.15, 0.2) is 0 Å². The van der Waals surface area contributed by atoms with Gasteiger partial charge in [-0.3, -0.25) is 14.6 Å². The Balaban J connectivity index is 1.84. The first-order valence-electron chi connectivity index (χ1n) is 9.21. The van der Waals surface area contributed by atoms with Crippen LogP contribution in [0.3, 0.4) is 0 Å². The Morgan fingerprint density at radius 2 is 1.75 bits per heavy atom. The minimum absolute atomic E-state index is 0.235. The van der Waals surface area contributed by atoms with E-state index in [2.05, 4.69) is 10.3 Å². The van der Waals surface area contributed by atoms with Crippen molar-refractivity contribution in [1.29, 1.82) is 0 Å². The zero-order valence-corrected chi connectivity index (χ0v) is 16.3. The number of carbonyl (C=O) groups excluding carboxylic acids is 2. The summed E-state index contributed by atoms with van der Waals surface area (Å²) in [5.41, 5.74) is 4.30. The molecule has 0 aliphatic heterocycles. The topological polar surface area (TPSA) is 62.3 Å². The van der Waals surface area contributed by atoms with E-state index in [4.69, 9.17) is 0 Å². The first kappa shape index (κ1) is 19.3. The van der Waals surface area contributed by atoms with Crippen molar-refractivity contribution in [2.75, 3.05) is 16.8 Å². The van der Waals surface area contributed by atoms with Crippen molar-refractivity contribution in [2.45, 2.75) is 20.8 Å². The molecule has 1 heterocycles. The molecular formula is C23H23N3O2. The summed E-state index contributed by atoms with van der Waals surface area (Å²) in [7, 11) is 0. The molecule has 5 heteroatoms. The van der Waals surface area contributed by atoms with Crippen LogP contribution in [0.25, 0.3) is 0 Å². The molecule has 5 nitrogen and oxygen atoms in total. The average molecular weight is 373 g/mol. The quantitative estimate of drug-likeness (QED) is 0.710. The zero-order chi connectivity index (χ0) is 20.1. The second-order valence-electron chi connectivity index (χ2n) is 6.52. The fraction of sp³-hybridized carbons (Fsp3) is 0.174. The molecule has 0 fully saturated rings. The van der Waals surface area contributed by atoms with E-state index in [-0.39, 0.29) is 17.5 Å². The number of nitrogens with zero attached hydrogens (tertiary/aromatic N) is 2. The predicted octanol–water partition coefficient (Wildman–Crippen LogP) is 4.62. The van der Waals surface area contributed by atoms with E-state index in [1.165, 1.54) is 12.3 Å². The van der Waals surface area contributed by atoms with Crippen LogP contribution in [0.1, 0.15) is 38.9 Å². The summed E-state index contributed by atoms with van der Waals surface area (Å²) in [5.74, 6) is -0.511. The third-order valence-corrected chi connectivity index (χ3v) is 4.72. The molecule has 0 radical (unpaired) electrons. The number of pyridine rings is 1. The Morgan fingerprint density at radius 3 is 2.46 bits per heavy atom. The van der Waals surface area contributed by atoms with Crippen LogP contribution in [0.4, 0.5) is 11.4 Å². The summed E-state index contributed by atoms with van der Waals surface area (Å²) in [6.45, 7) is 6.37. The van der Waals surface area contributed by atoms with Gasteiger partial charge in [0.25, 0.3) is 11.8 Å². The molecule has 2 aromatic carbocycles. The number of anilines is 2. The van der Waals surface area contributed by atoms with E-state index in [1.54, 1.807) is 11.0 Å². The van der Waals surface area contributed by atoms with Crippen molar-refractivity contribution >= 4 is 23.2 Å². The monoisotopic (exact) mass is 373 g/mol. The maximum atomic E-state index is 12.9. The number of para-hydroxylation sites is 1. The SMILES string of the molecule is CCN(C(=O)c1cc(C(=O)Nc2cccc(C)c2C)ccn1)c1ccccc1. The van der Waals surface area contributed by atoms with Crippen molar-refractivity contribution in [1.82, 2.24) is 4.98 Å². The lowest BCUT2D eigenvalue weighted by molar-refractivity contribution is 0.0983. The number of amides is 2. The molecule has 1 aromatic heterocycles. The van der Waals surface area contributed by atoms with E-state index >= 15 is 0 Å². The Bertz CT molecular complexity index is 1000. The highest BCUT2D eigenvalue weighted by Crippen LogP contribution is 2.20. The average Bonchev–Trinajstić information content (AvgIpc) is 2.72. The fourth-order valence-electron chi connectivity index (χ4n) is 2.96. The number of aryl methyl sites for hydroxylation is 1. The normalized spacial score (nSPS) is 10.4. The second-order valence-corrected chi connectivity index (χ2v) is 6.52. The molecule has 3 aromatic rings. The van der Waals surface area contributed by atoms with Gasteiger partial charge >= 0.3 is 0 Å². The lowest BCUT2D eigenvalue weighted by Crippen LogP contribution is -2.31. The van der Waals surface area contributed by atoms with Crippen LogP contribution in [0.5, 0.6) is 0 Å². The van der Waals surface area contributed by atoms with E-state index < -0.39 is 0 Å².